The lowest BCUT2D eigenvalue weighted by Gasteiger charge is -2.32. The molecule has 1 atom stereocenters. The van der Waals surface area contributed by atoms with Crippen LogP contribution in [0.15, 0.2) is 48.8 Å². The van der Waals surface area contributed by atoms with Gasteiger partial charge in [0.2, 0.25) is 0 Å². The van der Waals surface area contributed by atoms with Crippen molar-refractivity contribution < 1.29 is 20.1 Å². The molecule has 0 saturated carbocycles. The van der Waals surface area contributed by atoms with Gasteiger partial charge in [0.05, 0.1) is 0 Å². The van der Waals surface area contributed by atoms with Crippen LogP contribution >= 0.6 is 11.6 Å². The summed E-state index contributed by atoms with van der Waals surface area (Å²) in [7, 11) is 0. The molecule has 0 fully saturated rings. The number of nitrogens with one attached hydrogen (secondary N) is 1. The Morgan fingerprint density at radius 1 is 1.18 bits per heavy atom. The number of hydrogen-bond acceptors (Lipinski definition) is 6. The Morgan fingerprint density at radius 2 is 1.96 bits per heavy atom. The zero-order chi connectivity index (χ0) is 20.1. The van der Waals surface area contributed by atoms with Crippen LogP contribution in [0.3, 0.4) is 0 Å². The van der Waals surface area contributed by atoms with Crippen molar-refractivity contribution in [3.05, 3.63) is 64.9 Å². The molecule has 9 nitrogen and oxygen atoms in total. The molecule has 2 aromatic carbocycles. The molecular formula is C18H18ClN5O4. The molecule has 3 rings (SSSR count). The number of halogens is 1. The maximum Gasteiger partial charge on any atom is 0.406 e. The molecule has 0 spiro atoms. The van der Waals surface area contributed by atoms with E-state index in [1.165, 1.54) is 23.3 Å². The highest BCUT2D eigenvalue weighted by molar-refractivity contribution is 6.31. The van der Waals surface area contributed by atoms with E-state index in [2.05, 4.69) is 20.7 Å². The molecule has 1 amide bonds. The molecule has 10 heteroatoms. The Kier molecular flexibility index (Phi) is 5.65. The quantitative estimate of drug-likeness (QED) is 0.445. The van der Waals surface area contributed by atoms with Crippen molar-refractivity contribution in [2.75, 3.05) is 0 Å². The Morgan fingerprint density at radius 3 is 2.61 bits per heavy atom. The second-order valence-electron chi connectivity index (χ2n) is 6.28. The minimum absolute atomic E-state index is 0.180. The van der Waals surface area contributed by atoms with Crippen molar-refractivity contribution in [2.24, 2.45) is 0 Å². The van der Waals surface area contributed by atoms with Gasteiger partial charge in [0.15, 0.2) is 23.5 Å². The first-order valence-electron chi connectivity index (χ1n) is 8.38. The topological polar surface area (TPSA) is 133 Å². The molecule has 3 aromatic rings. The number of hydrogen-bond donors (Lipinski definition) is 4. The summed E-state index contributed by atoms with van der Waals surface area (Å²) in [6.45, 7) is 0. The highest BCUT2D eigenvalue weighted by atomic mass is 35.5. The third-order valence-electron chi connectivity index (χ3n) is 4.38. The molecule has 0 aliphatic heterocycles. The van der Waals surface area contributed by atoms with Gasteiger partial charge < -0.3 is 15.3 Å². The average molecular weight is 404 g/mol. The summed E-state index contributed by atoms with van der Waals surface area (Å²) in [5.41, 5.74) is 0.149. The third-order valence-corrected chi connectivity index (χ3v) is 4.75. The van der Waals surface area contributed by atoms with Gasteiger partial charge in [-0.25, -0.2) is 4.79 Å². The second kappa shape index (κ2) is 8.13. The standard InChI is InChI=1S/C18H18ClN5O4/c19-14-4-2-1-3-13(14)10-18(22-17(27)28,24-21-11-20-23-24)8-7-12-5-6-15(25)16(26)9-12/h1-6,9,11,22,25-26H,7-8,10H2,(H,27,28). The molecule has 1 aromatic heterocycles. The molecule has 0 bridgehead atoms. The van der Waals surface area contributed by atoms with Crippen molar-refractivity contribution in [3.63, 3.8) is 0 Å². The predicted octanol–water partition coefficient (Wildman–Crippen LogP) is 2.53. The van der Waals surface area contributed by atoms with Gasteiger partial charge in [0.1, 0.15) is 0 Å². The molecule has 4 N–H and O–H groups in total. The van der Waals surface area contributed by atoms with Gasteiger partial charge in [0, 0.05) is 11.4 Å². The van der Waals surface area contributed by atoms with E-state index in [1.807, 2.05) is 0 Å². The first kappa shape index (κ1) is 19.4. The summed E-state index contributed by atoms with van der Waals surface area (Å²) in [4.78, 5) is 12.8. The normalized spacial score (nSPS) is 13.0. The van der Waals surface area contributed by atoms with Crippen molar-refractivity contribution in [1.29, 1.82) is 0 Å². The average Bonchev–Trinajstić information content (AvgIpc) is 3.19. The fourth-order valence-corrected chi connectivity index (χ4v) is 3.21. The van der Waals surface area contributed by atoms with Crippen LogP contribution in [-0.2, 0) is 18.5 Å². The summed E-state index contributed by atoms with van der Waals surface area (Å²) in [5.74, 6) is -0.480. The Labute approximate surface area is 165 Å². The van der Waals surface area contributed by atoms with Crippen LogP contribution in [0.4, 0.5) is 4.79 Å². The fourth-order valence-electron chi connectivity index (χ4n) is 3.01. The van der Waals surface area contributed by atoms with Crippen LogP contribution < -0.4 is 5.32 Å². The van der Waals surface area contributed by atoms with E-state index in [-0.39, 0.29) is 24.3 Å². The third kappa shape index (κ3) is 4.32. The van der Waals surface area contributed by atoms with Gasteiger partial charge in [0.25, 0.3) is 0 Å². The first-order valence-corrected chi connectivity index (χ1v) is 8.76. The number of aromatic hydroxyl groups is 2. The van der Waals surface area contributed by atoms with Crippen LogP contribution in [0.25, 0.3) is 0 Å². The zero-order valence-electron chi connectivity index (χ0n) is 14.7. The van der Waals surface area contributed by atoms with Crippen LogP contribution in [0.1, 0.15) is 17.5 Å². The summed E-state index contributed by atoms with van der Waals surface area (Å²) in [6, 6.07) is 11.5. The molecule has 0 aliphatic carbocycles. The first-order chi connectivity index (χ1) is 13.4. The lowest BCUT2D eigenvalue weighted by atomic mass is 9.92. The fraction of sp³-hybridized carbons (Fsp3) is 0.222. The Bertz CT molecular complexity index is 966. The van der Waals surface area contributed by atoms with Gasteiger partial charge in [-0.3, -0.25) is 5.32 Å². The number of benzene rings is 2. The summed E-state index contributed by atoms with van der Waals surface area (Å²) in [5, 5.41) is 43.3. The number of amides is 1. The molecule has 146 valence electrons. The van der Waals surface area contributed by atoms with E-state index in [0.717, 1.165) is 0 Å². The number of carboxylic acid groups (broad SMARTS) is 1. The minimum atomic E-state index is -1.26. The predicted molar refractivity (Wildman–Crippen MR) is 100 cm³/mol. The van der Waals surface area contributed by atoms with Gasteiger partial charge in [-0.1, -0.05) is 35.9 Å². The van der Waals surface area contributed by atoms with E-state index >= 15 is 0 Å². The van der Waals surface area contributed by atoms with Crippen LogP contribution in [0.2, 0.25) is 5.02 Å². The van der Waals surface area contributed by atoms with Crippen molar-refractivity contribution in [3.8, 4) is 11.5 Å². The summed E-state index contributed by atoms with van der Waals surface area (Å²) in [6.07, 6.45) is 0.750. The number of aryl methyl sites for hydroxylation is 1. The van der Waals surface area contributed by atoms with Gasteiger partial charge in [-0.2, -0.15) is 0 Å². The van der Waals surface area contributed by atoms with E-state index < -0.39 is 11.8 Å². The molecule has 1 unspecified atom stereocenters. The molecular weight excluding hydrogens is 386 g/mol. The number of tetrazole rings is 1. The van der Waals surface area contributed by atoms with Crippen LogP contribution in [0.5, 0.6) is 11.5 Å². The molecule has 0 aliphatic rings. The van der Waals surface area contributed by atoms with Gasteiger partial charge >= 0.3 is 6.09 Å². The zero-order valence-corrected chi connectivity index (χ0v) is 15.4. The highest BCUT2D eigenvalue weighted by Crippen LogP contribution is 2.30. The molecule has 0 radical (unpaired) electrons. The number of aromatic nitrogens is 4. The van der Waals surface area contributed by atoms with Gasteiger partial charge in [-0.05, 0) is 47.4 Å². The number of rotatable bonds is 7. The molecule has 1 heterocycles. The number of carbonyl (C=O) groups is 1. The maximum atomic E-state index is 11.6. The summed E-state index contributed by atoms with van der Waals surface area (Å²) < 4.78 is 0. The summed E-state index contributed by atoms with van der Waals surface area (Å²) >= 11 is 6.28. The largest absolute Gasteiger partial charge is 0.504 e. The monoisotopic (exact) mass is 403 g/mol. The SMILES string of the molecule is O=C(O)NC(CCc1ccc(O)c(O)c1)(Cc1ccccc1Cl)n1ncnn1. The Balaban J connectivity index is 1.97. The van der Waals surface area contributed by atoms with Gasteiger partial charge in [-0.15, -0.1) is 15.0 Å². The minimum Gasteiger partial charge on any atom is -0.504 e. The van der Waals surface area contributed by atoms with Crippen LogP contribution in [0, 0.1) is 0 Å². The van der Waals surface area contributed by atoms with Crippen LogP contribution in [-0.4, -0.2) is 41.6 Å². The smallest absolute Gasteiger partial charge is 0.406 e. The Hall–Kier alpha value is -3.33. The molecule has 28 heavy (non-hydrogen) atoms. The molecule has 0 saturated heterocycles. The van der Waals surface area contributed by atoms with Crippen molar-refractivity contribution >= 4 is 17.7 Å². The lowest BCUT2D eigenvalue weighted by molar-refractivity contribution is 0.123. The van der Waals surface area contributed by atoms with E-state index in [4.69, 9.17) is 11.6 Å². The number of nitrogens with zero attached hydrogens (tertiary/aromatic N) is 4. The highest BCUT2D eigenvalue weighted by Gasteiger charge is 2.37. The number of phenols is 2. The second-order valence-corrected chi connectivity index (χ2v) is 6.69. The van der Waals surface area contributed by atoms with E-state index in [9.17, 15) is 20.1 Å². The number of phenolic OH excluding ortho intramolecular Hbond substituents is 2. The maximum absolute atomic E-state index is 11.6. The van der Waals surface area contributed by atoms with E-state index in [0.29, 0.717) is 22.6 Å². The van der Waals surface area contributed by atoms with Crippen molar-refractivity contribution in [2.45, 2.75) is 24.9 Å². The van der Waals surface area contributed by atoms with E-state index in [1.54, 1.807) is 30.3 Å². The van der Waals surface area contributed by atoms with Crippen molar-refractivity contribution in [1.82, 2.24) is 25.5 Å². The lowest BCUT2D eigenvalue weighted by Crippen LogP contribution is -2.53.